The number of piperidine rings is 1. The molecule has 3 heterocycles. The molecule has 2 atom stereocenters. The lowest BCUT2D eigenvalue weighted by atomic mass is 9.94. The zero-order chi connectivity index (χ0) is 20.3. The van der Waals surface area contributed by atoms with Gasteiger partial charge >= 0.3 is 6.18 Å². The van der Waals surface area contributed by atoms with Gasteiger partial charge in [-0.3, -0.25) is 4.98 Å². The molecule has 0 spiro atoms. The molecule has 2 aromatic rings. The van der Waals surface area contributed by atoms with E-state index in [1.165, 1.54) is 0 Å². The first-order valence-corrected chi connectivity index (χ1v) is 9.92. The minimum Gasteiger partial charge on any atom is -0.369 e. The van der Waals surface area contributed by atoms with Gasteiger partial charge in [0.25, 0.3) is 0 Å². The Morgan fingerprint density at radius 2 is 1.97 bits per heavy atom. The van der Waals surface area contributed by atoms with Crippen molar-refractivity contribution in [2.24, 2.45) is 10.8 Å². The fourth-order valence-electron chi connectivity index (χ4n) is 5.45. The molecule has 2 aliphatic heterocycles. The van der Waals surface area contributed by atoms with Crippen molar-refractivity contribution in [1.82, 2.24) is 15.2 Å². The molecule has 1 N–H and O–H groups in total. The Hall–Kier alpha value is -2.37. The van der Waals surface area contributed by atoms with Crippen LogP contribution < -0.4 is 10.2 Å². The van der Waals surface area contributed by atoms with Crippen LogP contribution >= 0.6 is 0 Å². The molecule has 1 aromatic heterocycles. The number of fused-ring (bicyclic) bond motifs is 2. The minimum atomic E-state index is -4.23. The van der Waals surface area contributed by atoms with Gasteiger partial charge in [0, 0.05) is 68.5 Å². The Bertz CT molecular complexity index is 994. The number of aromatic nitrogens is 1. The molecular formula is C21H22F3N5. The van der Waals surface area contributed by atoms with Crippen LogP contribution in [-0.4, -0.2) is 61.9 Å². The zero-order valence-electron chi connectivity index (χ0n) is 16.0. The molecule has 152 valence electrons. The number of hydrogen-bond donors (Lipinski definition) is 1. The Morgan fingerprint density at radius 1 is 1.17 bits per heavy atom. The largest absolute Gasteiger partial charge is 0.396 e. The molecule has 0 amide bonds. The van der Waals surface area contributed by atoms with Gasteiger partial charge in [0.1, 0.15) is 6.07 Å². The lowest BCUT2D eigenvalue weighted by Gasteiger charge is -2.32. The SMILES string of the molecule is N#Cc1ccc(N2CC3(CN4CCNCC4)CC3(C(F)(F)F)C2)c2cccnc12. The minimum absolute atomic E-state index is 0.0293. The molecule has 1 aromatic carbocycles. The number of nitrogens with zero attached hydrogens (tertiary/aromatic N) is 4. The molecule has 0 radical (unpaired) electrons. The second kappa shape index (κ2) is 6.31. The van der Waals surface area contributed by atoms with E-state index in [2.05, 4.69) is 21.3 Å². The highest BCUT2D eigenvalue weighted by Crippen LogP contribution is 2.75. The number of nitrogens with one attached hydrogen (secondary N) is 1. The smallest absolute Gasteiger partial charge is 0.369 e. The van der Waals surface area contributed by atoms with Crippen molar-refractivity contribution in [3.63, 3.8) is 0 Å². The Balaban J connectivity index is 1.51. The van der Waals surface area contributed by atoms with Crippen LogP contribution in [0.4, 0.5) is 18.9 Å². The van der Waals surface area contributed by atoms with Gasteiger partial charge in [-0.2, -0.15) is 18.4 Å². The lowest BCUT2D eigenvalue weighted by molar-refractivity contribution is -0.191. The summed E-state index contributed by atoms with van der Waals surface area (Å²) >= 11 is 0. The van der Waals surface area contributed by atoms with Crippen molar-refractivity contribution in [2.45, 2.75) is 12.6 Å². The van der Waals surface area contributed by atoms with Crippen LogP contribution in [0.3, 0.4) is 0 Å². The van der Waals surface area contributed by atoms with Gasteiger partial charge in [-0.15, -0.1) is 0 Å². The van der Waals surface area contributed by atoms with E-state index in [4.69, 9.17) is 0 Å². The molecule has 0 bridgehead atoms. The van der Waals surface area contributed by atoms with Gasteiger partial charge in [-0.25, -0.2) is 0 Å². The number of benzene rings is 1. The number of piperazine rings is 1. The van der Waals surface area contributed by atoms with E-state index in [9.17, 15) is 18.4 Å². The molecule has 5 nitrogen and oxygen atoms in total. The van der Waals surface area contributed by atoms with Crippen molar-refractivity contribution >= 4 is 16.6 Å². The van der Waals surface area contributed by atoms with Gasteiger partial charge < -0.3 is 15.1 Å². The van der Waals surface area contributed by atoms with E-state index in [1.54, 1.807) is 24.4 Å². The molecular weight excluding hydrogens is 379 g/mol. The van der Waals surface area contributed by atoms with Crippen molar-refractivity contribution in [3.05, 3.63) is 36.0 Å². The van der Waals surface area contributed by atoms with Gasteiger partial charge in [0.15, 0.2) is 0 Å². The van der Waals surface area contributed by atoms with Crippen molar-refractivity contribution in [3.8, 4) is 6.07 Å². The predicted octanol–water partition coefficient (Wildman–Crippen LogP) is 2.77. The topological polar surface area (TPSA) is 55.2 Å². The molecule has 5 rings (SSSR count). The van der Waals surface area contributed by atoms with Gasteiger partial charge in [-0.1, -0.05) is 0 Å². The highest BCUT2D eigenvalue weighted by atomic mass is 19.4. The van der Waals surface area contributed by atoms with E-state index in [0.717, 1.165) is 37.3 Å². The molecule has 3 fully saturated rings. The first-order chi connectivity index (χ1) is 13.9. The van der Waals surface area contributed by atoms with Crippen LogP contribution in [0, 0.1) is 22.2 Å². The second-order valence-electron chi connectivity index (χ2n) is 8.56. The average Bonchev–Trinajstić information content (AvgIpc) is 3.23. The number of nitriles is 1. The summed E-state index contributed by atoms with van der Waals surface area (Å²) in [6.07, 6.45) is -2.41. The number of pyridine rings is 1. The first-order valence-electron chi connectivity index (χ1n) is 9.92. The summed E-state index contributed by atoms with van der Waals surface area (Å²) in [6, 6.07) is 9.17. The molecule has 1 saturated carbocycles. The quantitative estimate of drug-likeness (QED) is 0.857. The molecule has 8 heteroatoms. The van der Waals surface area contributed by atoms with Crippen LogP contribution in [0.2, 0.25) is 0 Å². The maximum Gasteiger partial charge on any atom is 0.396 e. The highest BCUT2D eigenvalue weighted by Gasteiger charge is 2.83. The summed E-state index contributed by atoms with van der Waals surface area (Å²) < 4.78 is 42.6. The molecule has 2 saturated heterocycles. The van der Waals surface area contributed by atoms with E-state index in [0.29, 0.717) is 24.2 Å². The molecule has 1 aliphatic carbocycles. The number of anilines is 1. The molecule has 3 aliphatic rings. The van der Waals surface area contributed by atoms with E-state index in [1.807, 2.05) is 11.0 Å². The summed E-state index contributed by atoms with van der Waals surface area (Å²) in [7, 11) is 0. The van der Waals surface area contributed by atoms with Crippen LogP contribution in [0.1, 0.15) is 12.0 Å². The predicted molar refractivity (Wildman–Crippen MR) is 104 cm³/mol. The summed E-state index contributed by atoms with van der Waals surface area (Å²) in [5, 5.41) is 13.4. The standard InChI is InChI=1S/C21H22F3N5/c22-21(23,24)20-11-19(20,12-28-8-6-26-7-9-28)13-29(14-20)17-4-3-15(10-25)18-16(17)2-1-5-27-18/h1-5,26H,6-9,11-14H2. The number of halogens is 3. The molecule has 29 heavy (non-hydrogen) atoms. The Morgan fingerprint density at radius 3 is 2.69 bits per heavy atom. The zero-order valence-corrected chi connectivity index (χ0v) is 16.0. The molecule has 2 unspecified atom stereocenters. The van der Waals surface area contributed by atoms with Crippen LogP contribution in [-0.2, 0) is 0 Å². The summed E-state index contributed by atoms with van der Waals surface area (Å²) in [6.45, 7) is 4.07. The van der Waals surface area contributed by atoms with Gasteiger partial charge in [0.05, 0.1) is 16.5 Å². The van der Waals surface area contributed by atoms with Crippen molar-refractivity contribution < 1.29 is 13.2 Å². The van der Waals surface area contributed by atoms with Crippen molar-refractivity contribution in [1.29, 1.82) is 5.26 Å². The van der Waals surface area contributed by atoms with E-state index in [-0.39, 0.29) is 13.0 Å². The van der Waals surface area contributed by atoms with Crippen LogP contribution in [0.25, 0.3) is 10.9 Å². The Labute approximate surface area is 167 Å². The van der Waals surface area contributed by atoms with Crippen LogP contribution in [0.5, 0.6) is 0 Å². The summed E-state index contributed by atoms with van der Waals surface area (Å²) in [4.78, 5) is 8.34. The normalized spacial score (nSPS) is 29.7. The third kappa shape index (κ3) is 2.71. The number of rotatable bonds is 3. The fraction of sp³-hybridized carbons (Fsp3) is 0.524. The van der Waals surface area contributed by atoms with Gasteiger partial charge in [-0.05, 0) is 30.7 Å². The van der Waals surface area contributed by atoms with E-state index < -0.39 is 17.0 Å². The first kappa shape index (κ1) is 18.6. The van der Waals surface area contributed by atoms with Crippen LogP contribution in [0.15, 0.2) is 30.5 Å². The average molecular weight is 401 g/mol. The van der Waals surface area contributed by atoms with Gasteiger partial charge in [0.2, 0.25) is 0 Å². The fourth-order valence-corrected chi connectivity index (χ4v) is 5.45. The van der Waals surface area contributed by atoms with Crippen molar-refractivity contribution in [2.75, 3.05) is 50.7 Å². The van der Waals surface area contributed by atoms with E-state index >= 15 is 0 Å². The number of alkyl halides is 3. The maximum absolute atomic E-state index is 14.2. The monoisotopic (exact) mass is 401 g/mol. The second-order valence-corrected chi connectivity index (χ2v) is 8.56. The highest BCUT2D eigenvalue weighted by molar-refractivity contribution is 5.95. The third-order valence-corrected chi connectivity index (χ3v) is 6.97. The Kier molecular flexibility index (Phi) is 4.06. The maximum atomic E-state index is 14.2. The third-order valence-electron chi connectivity index (χ3n) is 6.97. The summed E-state index contributed by atoms with van der Waals surface area (Å²) in [5.74, 6) is 0. The lowest BCUT2D eigenvalue weighted by Crippen LogP contribution is -2.47. The number of hydrogen-bond acceptors (Lipinski definition) is 5. The summed E-state index contributed by atoms with van der Waals surface area (Å²) in [5.41, 5.74) is -0.680.